The fourth-order valence-electron chi connectivity index (χ4n) is 1.73. The molecule has 0 fully saturated rings. The molecule has 6 nitrogen and oxygen atoms in total. The minimum absolute atomic E-state index is 0.0674. The summed E-state index contributed by atoms with van der Waals surface area (Å²) in [5.41, 5.74) is 0.725. The lowest BCUT2D eigenvalue weighted by atomic mass is 10.1. The number of anilines is 1. The summed E-state index contributed by atoms with van der Waals surface area (Å²) < 4.78 is 0. The molecule has 0 saturated carbocycles. The van der Waals surface area contributed by atoms with Crippen molar-refractivity contribution in [2.45, 2.75) is 19.9 Å². The molecule has 0 radical (unpaired) electrons. The number of aromatic nitrogens is 1. The van der Waals surface area contributed by atoms with Crippen molar-refractivity contribution in [3.05, 3.63) is 50.0 Å². The lowest BCUT2D eigenvalue weighted by Crippen LogP contribution is -2.07. The van der Waals surface area contributed by atoms with Gasteiger partial charge in [0.15, 0.2) is 0 Å². The van der Waals surface area contributed by atoms with Crippen molar-refractivity contribution in [2.75, 3.05) is 5.32 Å². The fraction of sp³-hybridized carbons (Fsp3) is 0.231. The van der Waals surface area contributed by atoms with Crippen molar-refractivity contribution in [1.82, 2.24) is 4.98 Å². The third kappa shape index (κ3) is 2.92. The normalized spacial score (nSPS) is 11.7. The first-order valence-electron chi connectivity index (χ1n) is 5.88. The average molecular weight is 288 g/mol. The predicted octanol–water partition coefficient (Wildman–Crippen LogP) is 3.40. The van der Waals surface area contributed by atoms with Gasteiger partial charge in [0.2, 0.25) is 0 Å². The molecule has 20 heavy (non-hydrogen) atoms. The first-order chi connectivity index (χ1) is 9.51. The van der Waals surface area contributed by atoms with Crippen LogP contribution in [0.2, 0.25) is 0 Å². The minimum Gasteiger partial charge on any atom is -0.375 e. The van der Waals surface area contributed by atoms with Gasteiger partial charge in [-0.05, 0) is 19.9 Å². The van der Waals surface area contributed by atoms with Crippen LogP contribution >= 0.6 is 11.3 Å². The van der Waals surface area contributed by atoms with Crippen LogP contribution in [0.3, 0.4) is 0 Å². The van der Waals surface area contributed by atoms with E-state index in [1.54, 1.807) is 23.6 Å². The second-order valence-electron chi connectivity index (χ2n) is 4.27. The molecule has 1 atom stereocenters. The van der Waals surface area contributed by atoms with E-state index < -0.39 is 4.92 Å². The van der Waals surface area contributed by atoms with Gasteiger partial charge in [-0.3, -0.25) is 10.1 Å². The summed E-state index contributed by atoms with van der Waals surface area (Å²) in [5.74, 6) is 0. The zero-order chi connectivity index (χ0) is 14.7. The summed E-state index contributed by atoms with van der Waals surface area (Å²) in [4.78, 5) is 15.6. The second-order valence-corrected chi connectivity index (χ2v) is 5.54. The number of nitrogens with one attached hydrogen (secondary N) is 1. The van der Waals surface area contributed by atoms with Crippen molar-refractivity contribution in [3.8, 4) is 6.07 Å². The lowest BCUT2D eigenvalue weighted by molar-refractivity contribution is -0.384. The molecule has 0 aliphatic rings. The van der Waals surface area contributed by atoms with Gasteiger partial charge in [0.25, 0.3) is 5.69 Å². The number of hydrogen-bond acceptors (Lipinski definition) is 6. The van der Waals surface area contributed by atoms with Crippen LogP contribution in [0.5, 0.6) is 0 Å². The quantitative estimate of drug-likeness (QED) is 0.687. The van der Waals surface area contributed by atoms with Crippen LogP contribution in [0.25, 0.3) is 0 Å². The Morgan fingerprint density at radius 3 is 2.85 bits per heavy atom. The highest BCUT2D eigenvalue weighted by Gasteiger charge is 2.14. The number of nitro groups is 1. The molecule has 1 unspecified atom stereocenters. The average Bonchev–Trinajstić information content (AvgIpc) is 2.85. The molecule has 0 bridgehead atoms. The van der Waals surface area contributed by atoms with E-state index in [0.29, 0.717) is 5.69 Å². The highest BCUT2D eigenvalue weighted by molar-refractivity contribution is 7.11. The Labute approximate surface area is 119 Å². The molecule has 0 aliphatic carbocycles. The van der Waals surface area contributed by atoms with E-state index in [2.05, 4.69) is 10.3 Å². The second kappa shape index (κ2) is 5.67. The third-order valence-electron chi connectivity index (χ3n) is 2.72. The molecular formula is C13H12N4O2S. The van der Waals surface area contributed by atoms with Gasteiger partial charge in [-0.1, -0.05) is 0 Å². The van der Waals surface area contributed by atoms with Crippen LogP contribution in [0.15, 0.2) is 24.4 Å². The van der Waals surface area contributed by atoms with Crippen molar-refractivity contribution in [3.63, 3.8) is 0 Å². The van der Waals surface area contributed by atoms with E-state index in [-0.39, 0.29) is 17.3 Å². The molecular weight excluding hydrogens is 276 g/mol. The molecule has 2 rings (SSSR count). The van der Waals surface area contributed by atoms with Gasteiger partial charge >= 0.3 is 0 Å². The van der Waals surface area contributed by atoms with Crippen LogP contribution in [-0.4, -0.2) is 9.91 Å². The highest BCUT2D eigenvalue weighted by atomic mass is 32.1. The van der Waals surface area contributed by atoms with E-state index in [4.69, 9.17) is 5.26 Å². The number of nitrogens with zero attached hydrogens (tertiary/aromatic N) is 3. The van der Waals surface area contributed by atoms with Crippen molar-refractivity contribution >= 4 is 22.7 Å². The third-order valence-corrected chi connectivity index (χ3v) is 3.81. The first kappa shape index (κ1) is 14.0. The van der Waals surface area contributed by atoms with Crippen molar-refractivity contribution < 1.29 is 4.92 Å². The van der Waals surface area contributed by atoms with E-state index in [1.807, 2.05) is 19.9 Å². The molecule has 0 aliphatic heterocycles. The number of thiazole rings is 1. The molecule has 0 spiro atoms. The van der Waals surface area contributed by atoms with Gasteiger partial charge < -0.3 is 5.32 Å². The standard InChI is InChI=1S/C13H12N4O2S/c1-8-7-15-13(20-8)9(2)16-12-4-3-11(17(18)19)5-10(12)6-14/h3-5,7,9,16H,1-2H3. The molecule has 1 aromatic carbocycles. The number of benzene rings is 1. The van der Waals surface area contributed by atoms with Gasteiger partial charge in [0.1, 0.15) is 11.1 Å². The van der Waals surface area contributed by atoms with Crippen molar-refractivity contribution in [1.29, 1.82) is 5.26 Å². The van der Waals surface area contributed by atoms with Gasteiger partial charge in [0.05, 0.1) is 22.2 Å². The Kier molecular flexibility index (Phi) is 3.96. The first-order valence-corrected chi connectivity index (χ1v) is 6.70. The topological polar surface area (TPSA) is 91.8 Å². The number of aryl methyl sites for hydroxylation is 1. The highest BCUT2D eigenvalue weighted by Crippen LogP contribution is 2.27. The van der Waals surface area contributed by atoms with Gasteiger partial charge in [0, 0.05) is 23.2 Å². The summed E-state index contributed by atoms with van der Waals surface area (Å²) in [6.45, 7) is 3.90. The zero-order valence-electron chi connectivity index (χ0n) is 11.0. The van der Waals surface area contributed by atoms with E-state index in [1.165, 1.54) is 12.1 Å². The molecule has 1 aromatic heterocycles. The largest absolute Gasteiger partial charge is 0.375 e. The Balaban J connectivity index is 2.25. The Bertz CT molecular complexity index is 690. The van der Waals surface area contributed by atoms with Gasteiger partial charge in [-0.25, -0.2) is 4.98 Å². The number of hydrogen-bond donors (Lipinski definition) is 1. The molecule has 0 saturated heterocycles. The molecule has 1 N–H and O–H groups in total. The van der Waals surface area contributed by atoms with Gasteiger partial charge in [-0.15, -0.1) is 11.3 Å². The van der Waals surface area contributed by atoms with Crippen LogP contribution in [0, 0.1) is 28.4 Å². The maximum atomic E-state index is 10.7. The number of nitriles is 1. The van der Waals surface area contributed by atoms with E-state index in [0.717, 1.165) is 9.88 Å². The van der Waals surface area contributed by atoms with Crippen molar-refractivity contribution in [2.24, 2.45) is 0 Å². The summed E-state index contributed by atoms with van der Waals surface area (Å²) in [6.07, 6.45) is 1.79. The van der Waals surface area contributed by atoms with Crippen LogP contribution in [-0.2, 0) is 0 Å². The van der Waals surface area contributed by atoms with E-state index in [9.17, 15) is 10.1 Å². The SMILES string of the molecule is Cc1cnc(C(C)Nc2ccc([N+](=O)[O-])cc2C#N)s1. The summed E-state index contributed by atoms with van der Waals surface area (Å²) in [5, 5.41) is 23.8. The van der Waals surface area contributed by atoms with Crippen LogP contribution < -0.4 is 5.32 Å². The predicted molar refractivity (Wildman–Crippen MR) is 76.7 cm³/mol. The summed E-state index contributed by atoms with van der Waals surface area (Å²) in [6, 6.07) is 6.09. The molecule has 102 valence electrons. The van der Waals surface area contributed by atoms with E-state index >= 15 is 0 Å². The fourth-order valence-corrected chi connectivity index (χ4v) is 2.51. The molecule has 7 heteroatoms. The minimum atomic E-state index is -0.516. The molecule has 1 heterocycles. The van der Waals surface area contributed by atoms with Gasteiger partial charge in [-0.2, -0.15) is 5.26 Å². The Morgan fingerprint density at radius 2 is 2.30 bits per heavy atom. The summed E-state index contributed by atoms with van der Waals surface area (Å²) >= 11 is 1.57. The number of rotatable bonds is 4. The maximum absolute atomic E-state index is 10.7. The monoisotopic (exact) mass is 288 g/mol. The number of nitro benzene ring substituents is 1. The zero-order valence-corrected chi connectivity index (χ0v) is 11.8. The maximum Gasteiger partial charge on any atom is 0.270 e. The summed E-state index contributed by atoms with van der Waals surface area (Å²) in [7, 11) is 0. The Morgan fingerprint density at radius 1 is 1.55 bits per heavy atom. The van der Waals surface area contributed by atoms with Crippen LogP contribution in [0.4, 0.5) is 11.4 Å². The molecule has 0 amide bonds. The lowest BCUT2D eigenvalue weighted by Gasteiger charge is -2.13. The molecule has 2 aromatic rings. The Hall–Kier alpha value is -2.46. The smallest absolute Gasteiger partial charge is 0.270 e. The number of non-ortho nitro benzene ring substituents is 1. The van der Waals surface area contributed by atoms with Crippen LogP contribution in [0.1, 0.15) is 28.4 Å².